The van der Waals surface area contributed by atoms with E-state index in [1.807, 2.05) is 0 Å². The first-order chi connectivity index (χ1) is 14.1. The number of hydrogen-bond acceptors (Lipinski definition) is 3. The number of carbonyl (C=O) groups is 1. The molecule has 29 heavy (non-hydrogen) atoms. The fourth-order valence-corrected chi connectivity index (χ4v) is 5.38. The molecule has 0 saturated heterocycles. The third-order valence-corrected chi connectivity index (χ3v) is 7.56. The van der Waals surface area contributed by atoms with E-state index < -0.39 is 0 Å². The first-order valence-electron chi connectivity index (χ1n) is 12.7. The fraction of sp³-hybridized carbons (Fsp3) is 0.923. The lowest BCUT2D eigenvalue weighted by Gasteiger charge is -2.35. The largest absolute Gasteiger partial charge is 0.462 e. The summed E-state index contributed by atoms with van der Waals surface area (Å²) in [5.74, 6) is 0.999. The minimum absolute atomic E-state index is 0.0473. The zero-order chi connectivity index (χ0) is 21.0. The van der Waals surface area contributed by atoms with Gasteiger partial charge in [0.15, 0.2) is 0 Å². The van der Waals surface area contributed by atoms with Gasteiger partial charge in [0.2, 0.25) is 0 Å². The molecule has 0 amide bonds. The Kier molecular flexibility index (Phi) is 11.1. The summed E-state index contributed by atoms with van der Waals surface area (Å²) in [5.41, 5.74) is -0.161. The quantitative estimate of drug-likeness (QED) is 0.247. The van der Waals surface area contributed by atoms with Crippen molar-refractivity contribution in [2.75, 3.05) is 0 Å². The van der Waals surface area contributed by atoms with Crippen LogP contribution in [0, 0.1) is 28.6 Å². The Morgan fingerprint density at radius 1 is 0.897 bits per heavy atom. The molecule has 0 aromatic heterocycles. The molecule has 0 heterocycles. The molecule has 2 rings (SSSR count). The van der Waals surface area contributed by atoms with E-state index in [-0.39, 0.29) is 23.4 Å². The normalized spacial score (nSPS) is 29.9. The summed E-state index contributed by atoms with van der Waals surface area (Å²) in [6.45, 7) is 4.49. The summed E-state index contributed by atoms with van der Waals surface area (Å²) >= 11 is 0. The average Bonchev–Trinajstić information content (AvgIpc) is 2.75. The maximum Gasteiger partial charge on any atom is 0.309 e. The Balaban J connectivity index is 1.65. The highest BCUT2D eigenvalue weighted by atomic mass is 16.5. The first kappa shape index (κ1) is 24.2. The van der Waals surface area contributed by atoms with Gasteiger partial charge in [0.25, 0.3) is 0 Å². The molecule has 166 valence electrons. The number of nitrogens with zero attached hydrogens (tertiary/aromatic N) is 1. The van der Waals surface area contributed by atoms with Crippen LogP contribution in [0.2, 0.25) is 0 Å². The van der Waals surface area contributed by atoms with Crippen molar-refractivity contribution in [1.29, 1.82) is 5.26 Å². The zero-order valence-electron chi connectivity index (χ0n) is 19.2. The van der Waals surface area contributed by atoms with Crippen LogP contribution in [0.25, 0.3) is 0 Å². The first-order valence-corrected chi connectivity index (χ1v) is 12.7. The SMILES string of the molecule is CCCCCCCC1(C#N)CCC(OC(=O)C2CCC(CCCCC)CC2)CC1. The van der Waals surface area contributed by atoms with Crippen molar-refractivity contribution < 1.29 is 9.53 Å². The summed E-state index contributed by atoms with van der Waals surface area (Å²) in [4.78, 5) is 12.6. The average molecular weight is 404 g/mol. The highest BCUT2D eigenvalue weighted by molar-refractivity contribution is 5.72. The molecule has 0 N–H and O–H groups in total. The fourth-order valence-electron chi connectivity index (χ4n) is 5.38. The van der Waals surface area contributed by atoms with Crippen molar-refractivity contribution in [3.63, 3.8) is 0 Å². The van der Waals surface area contributed by atoms with Crippen LogP contribution in [0.4, 0.5) is 0 Å². The molecular weight excluding hydrogens is 358 g/mol. The summed E-state index contributed by atoms with van der Waals surface area (Å²) in [6.07, 6.45) is 20.6. The van der Waals surface area contributed by atoms with Crippen molar-refractivity contribution in [2.24, 2.45) is 17.3 Å². The maximum absolute atomic E-state index is 12.6. The van der Waals surface area contributed by atoms with Gasteiger partial charge in [-0.25, -0.2) is 0 Å². The Bertz CT molecular complexity index is 493. The minimum atomic E-state index is -0.161. The molecule has 3 nitrogen and oxygen atoms in total. The Hall–Kier alpha value is -1.04. The molecule has 0 radical (unpaired) electrons. The van der Waals surface area contributed by atoms with Crippen LogP contribution in [0.5, 0.6) is 0 Å². The van der Waals surface area contributed by atoms with Crippen LogP contribution >= 0.6 is 0 Å². The van der Waals surface area contributed by atoms with E-state index in [1.165, 1.54) is 70.6 Å². The lowest BCUT2D eigenvalue weighted by atomic mass is 9.71. The summed E-state index contributed by atoms with van der Waals surface area (Å²) < 4.78 is 5.91. The smallest absolute Gasteiger partial charge is 0.309 e. The monoisotopic (exact) mass is 403 g/mol. The van der Waals surface area contributed by atoms with Crippen LogP contribution in [-0.4, -0.2) is 12.1 Å². The third kappa shape index (κ3) is 8.31. The molecule has 0 atom stereocenters. The molecule has 2 fully saturated rings. The van der Waals surface area contributed by atoms with Crippen molar-refractivity contribution in [2.45, 2.75) is 136 Å². The van der Waals surface area contributed by atoms with Gasteiger partial charge >= 0.3 is 5.97 Å². The van der Waals surface area contributed by atoms with E-state index in [0.717, 1.165) is 50.9 Å². The van der Waals surface area contributed by atoms with E-state index in [9.17, 15) is 10.1 Å². The number of unbranched alkanes of at least 4 members (excludes halogenated alkanes) is 6. The predicted octanol–water partition coefficient (Wildman–Crippen LogP) is 7.73. The molecule has 3 heteroatoms. The van der Waals surface area contributed by atoms with Crippen molar-refractivity contribution >= 4 is 5.97 Å². The van der Waals surface area contributed by atoms with Crippen LogP contribution in [0.1, 0.15) is 129 Å². The summed E-state index contributed by atoms with van der Waals surface area (Å²) in [5, 5.41) is 9.76. The molecular formula is C26H45NO2. The predicted molar refractivity (Wildman–Crippen MR) is 119 cm³/mol. The molecule has 2 aliphatic rings. The zero-order valence-corrected chi connectivity index (χ0v) is 19.2. The van der Waals surface area contributed by atoms with Crippen LogP contribution in [-0.2, 0) is 9.53 Å². The molecule has 0 unspecified atom stereocenters. The Labute approximate surface area is 180 Å². The van der Waals surface area contributed by atoms with Gasteiger partial charge in [0, 0.05) is 0 Å². The topological polar surface area (TPSA) is 50.1 Å². The van der Waals surface area contributed by atoms with Crippen LogP contribution in [0.15, 0.2) is 0 Å². The molecule has 0 aromatic carbocycles. The second-order valence-corrected chi connectivity index (χ2v) is 9.91. The third-order valence-electron chi connectivity index (χ3n) is 7.56. The minimum Gasteiger partial charge on any atom is -0.462 e. The summed E-state index contributed by atoms with van der Waals surface area (Å²) in [7, 11) is 0. The van der Waals surface area contributed by atoms with Crippen molar-refractivity contribution in [1.82, 2.24) is 0 Å². The number of esters is 1. The van der Waals surface area contributed by atoms with E-state index in [4.69, 9.17) is 4.74 Å². The molecule has 0 aromatic rings. The molecule has 2 saturated carbocycles. The lowest BCUT2D eigenvalue weighted by molar-refractivity contribution is -0.158. The number of ether oxygens (including phenoxy) is 1. The van der Waals surface area contributed by atoms with Crippen LogP contribution < -0.4 is 0 Å². The van der Waals surface area contributed by atoms with Gasteiger partial charge in [-0.1, -0.05) is 71.6 Å². The highest BCUT2D eigenvalue weighted by Gasteiger charge is 2.37. The van der Waals surface area contributed by atoms with Gasteiger partial charge in [0.1, 0.15) is 6.10 Å². The molecule has 0 spiro atoms. The van der Waals surface area contributed by atoms with Crippen molar-refractivity contribution in [3.05, 3.63) is 0 Å². The number of nitriles is 1. The lowest BCUT2D eigenvalue weighted by Crippen LogP contribution is -2.33. The molecule has 0 aliphatic heterocycles. The second kappa shape index (κ2) is 13.3. The molecule has 0 bridgehead atoms. The maximum atomic E-state index is 12.6. The van der Waals surface area contributed by atoms with E-state index in [0.29, 0.717) is 0 Å². The summed E-state index contributed by atoms with van der Waals surface area (Å²) in [6, 6.07) is 2.63. The van der Waals surface area contributed by atoms with Gasteiger partial charge in [-0.05, 0) is 63.7 Å². The van der Waals surface area contributed by atoms with Gasteiger partial charge in [0.05, 0.1) is 17.4 Å². The van der Waals surface area contributed by atoms with E-state index in [2.05, 4.69) is 19.9 Å². The Morgan fingerprint density at radius 2 is 1.52 bits per heavy atom. The standard InChI is InChI=1S/C26H45NO2/c1-3-5-7-8-10-18-26(21-27)19-16-24(17-20-26)29-25(28)23-14-12-22(13-15-23)11-9-6-4-2/h22-24H,3-20H2,1-2H3. The van der Waals surface area contributed by atoms with Gasteiger partial charge < -0.3 is 4.74 Å². The van der Waals surface area contributed by atoms with Crippen LogP contribution in [0.3, 0.4) is 0 Å². The van der Waals surface area contributed by atoms with Gasteiger partial charge in [-0.15, -0.1) is 0 Å². The van der Waals surface area contributed by atoms with Crippen molar-refractivity contribution in [3.8, 4) is 6.07 Å². The van der Waals surface area contributed by atoms with Gasteiger partial charge in [-0.3, -0.25) is 4.79 Å². The second-order valence-electron chi connectivity index (χ2n) is 9.91. The number of carbonyl (C=O) groups excluding carboxylic acids is 1. The van der Waals surface area contributed by atoms with E-state index >= 15 is 0 Å². The van der Waals surface area contributed by atoms with E-state index in [1.54, 1.807) is 0 Å². The Morgan fingerprint density at radius 3 is 2.14 bits per heavy atom. The number of rotatable bonds is 12. The number of hydrogen-bond donors (Lipinski definition) is 0. The molecule has 2 aliphatic carbocycles. The van der Waals surface area contributed by atoms with Gasteiger partial charge in [-0.2, -0.15) is 5.26 Å². The highest BCUT2D eigenvalue weighted by Crippen LogP contribution is 2.41.